The first-order valence-electron chi connectivity index (χ1n) is 9.87. The average Bonchev–Trinajstić information content (AvgIpc) is 2.78. The van der Waals surface area contributed by atoms with Gasteiger partial charge in [-0.15, -0.1) is 0 Å². The first-order valence-corrected chi connectivity index (χ1v) is 10.3. The van der Waals surface area contributed by atoms with E-state index in [1.807, 2.05) is 78.9 Å². The van der Waals surface area contributed by atoms with Crippen LogP contribution in [0.15, 0.2) is 83.9 Å². The minimum Gasteiger partial charge on any atom is -0.370 e. The van der Waals surface area contributed by atoms with Crippen molar-refractivity contribution in [2.75, 3.05) is 11.9 Å². The lowest BCUT2D eigenvalue weighted by atomic mass is 10.1. The summed E-state index contributed by atoms with van der Waals surface area (Å²) in [6.07, 6.45) is 0. The lowest BCUT2D eigenvalue weighted by molar-refractivity contribution is 0.200. The highest BCUT2D eigenvalue weighted by atomic mass is 35.5. The van der Waals surface area contributed by atoms with Gasteiger partial charge in [-0.3, -0.25) is 4.90 Å². The number of guanidine groups is 1. The molecule has 0 aliphatic heterocycles. The molecule has 3 aromatic rings. The minimum absolute atomic E-state index is 0.0504. The van der Waals surface area contributed by atoms with E-state index in [1.165, 1.54) is 0 Å². The molecule has 0 atom stereocenters. The normalized spacial score (nSPS) is 10.4. The van der Waals surface area contributed by atoms with Crippen molar-refractivity contribution in [3.05, 3.63) is 101 Å². The Labute approximate surface area is 187 Å². The molecular formula is C24H26ClN5O. The predicted octanol–water partition coefficient (Wildman–Crippen LogP) is 4.37. The number of urea groups is 1. The molecule has 4 N–H and O–H groups in total. The lowest BCUT2D eigenvalue weighted by Gasteiger charge is -2.29. The third-order valence-electron chi connectivity index (χ3n) is 4.80. The zero-order valence-corrected chi connectivity index (χ0v) is 18.2. The SMILES string of the molecule is CN(C(=O)N(Cc1ccc(Cl)cc1)Cc1cccc(CN=C(N)N)c1)c1ccccc1. The van der Waals surface area contributed by atoms with Crippen molar-refractivity contribution >= 4 is 29.3 Å². The van der Waals surface area contributed by atoms with Crippen LogP contribution >= 0.6 is 11.6 Å². The molecule has 0 radical (unpaired) electrons. The summed E-state index contributed by atoms with van der Waals surface area (Å²) in [4.78, 5) is 20.9. The highest BCUT2D eigenvalue weighted by Gasteiger charge is 2.20. The van der Waals surface area contributed by atoms with Crippen molar-refractivity contribution in [2.45, 2.75) is 19.6 Å². The molecule has 0 heterocycles. The largest absolute Gasteiger partial charge is 0.370 e. The molecule has 0 saturated heterocycles. The summed E-state index contributed by atoms with van der Waals surface area (Å²) in [5, 5.41) is 0.662. The smallest absolute Gasteiger partial charge is 0.324 e. The topological polar surface area (TPSA) is 88.0 Å². The number of nitrogens with two attached hydrogens (primary N) is 2. The molecular weight excluding hydrogens is 410 g/mol. The van der Waals surface area contributed by atoms with Crippen molar-refractivity contribution in [1.82, 2.24) is 4.90 Å². The highest BCUT2D eigenvalue weighted by Crippen LogP contribution is 2.19. The second-order valence-electron chi connectivity index (χ2n) is 7.22. The van der Waals surface area contributed by atoms with Gasteiger partial charge in [0.2, 0.25) is 0 Å². The van der Waals surface area contributed by atoms with Crippen LogP contribution in [0.25, 0.3) is 0 Å². The lowest BCUT2D eigenvalue weighted by Crippen LogP contribution is -2.40. The van der Waals surface area contributed by atoms with Crippen LogP contribution in [0.3, 0.4) is 0 Å². The van der Waals surface area contributed by atoms with Gasteiger partial charge in [-0.1, -0.05) is 66.2 Å². The van der Waals surface area contributed by atoms with Crippen LogP contribution in [0.2, 0.25) is 5.02 Å². The van der Waals surface area contributed by atoms with E-state index in [9.17, 15) is 4.79 Å². The molecule has 0 fully saturated rings. The van der Waals surface area contributed by atoms with Crippen LogP contribution in [0.4, 0.5) is 10.5 Å². The molecule has 2 amide bonds. The maximum absolute atomic E-state index is 13.4. The van der Waals surface area contributed by atoms with Gasteiger partial charge in [0.15, 0.2) is 5.96 Å². The van der Waals surface area contributed by atoms with E-state index in [0.29, 0.717) is 24.7 Å². The van der Waals surface area contributed by atoms with Crippen LogP contribution in [-0.4, -0.2) is 23.9 Å². The highest BCUT2D eigenvalue weighted by molar-refractivity contribution is 6.30. The number of carbonyl (C=O) groups is 1. The molecule has 0 spiro atoms. The molecule has 0 aromatic heterocycles. The quantitative estimate of drug-likeness (QED) is 0.426. The molecule has 3 aromatic carbocycles. The molecule has 6 nitrogen and oxygen atoms in total. The Morgan fingerprint density at radius 2 is 1.52 bits per heavy atom. The summed E-state index contributed by atoms with van der Waals surface area (Å²) in [5.41, 5.74) is 14.7. The first kappa shape index (κ1) is 22.2. The molecule has 0 bridgehead atoms. The van der Waals surface area contributed by atoms with E-state index in [2.05, 4.69) is 4.99 Å². The number of anilines is 1. The van der Waals surface area contributed by atoms with Gasteiger partial charge in [-0.05, 0) is 41.0 Å². The van der Waals surface area contributed by atoms with Crippen molar-refractivity contribution < 1.29 is 4.79 Å². The van der Waals surface area contributed by atoms with Gasteiger partial charge in [0, 0.05) is 30.8 Å². The van der Waals surface area contributed by atoms with Crippen LogP contribution < -0.4 is 16.4 Å². The monoisotopic (exact) mass is 435 g/mol. The molecule has 31 heavy (non-hydrogen) atoms. The van der Waals surface area contributed by atoms with Crippen molar-refractivity contribution in [1.29, 1.82) is 0 Å². The Hall–Kier alpha value is -3.51. The van der Waals surface area contributed by atoms with Crippen LogP contribution in [0.1, 0.15) is 16.7 Å². The van der Waals surface area contributed by atoms with Gasteiger partial charge in [0.1, 0.15) is 0 Å². The second kappa shape index (κ2) is 10.5. The van der Waals surface area contributed by atoms with Crippen molar-refractivity contribution in [3.63, 3.8) is 0 Å². The Bertz CT molecular complexity index is 1030. The summed E-state index contributed by atoms with van der Waals surface area (Å²) < 4.78 is 0. The minimum atomic E-state index is -0.101. The summed E-state index contributed by atoms with van der Waals surface area (Å²) in [6, 6.07) is 24.9. The molecule has 0 saturated carbocycles. The Morgan fingerprint density at radius 1 is 0.871 bits per heavy atom. The number of halogens is 1. The molecule has 0 aliphatic carbocycles. The number of amides is 2. The van der Waals surface area contributed by atoms with Gasteiger partial charge in [0.05, 0.1) is 6.54 Å². The first-order chi connectivity index (χ1) is 14.9. The molecule has 0 unspecified atom stereocenters. The Balaban J connectivity index is 1.85. The van der Waals surface area contributed by atoms with Crippen LogP contribution in [-0.2, 0) is 19.6 Å². The fourth-order valence-electron chi connectivity index (χ4n) is 3.20. The zero-order chi connectivity index (χ0) is 22.2. The molecule has 7 heteroatoms. The second-order valence-corrected chi connectivity index (χ2v) is 7.66. The van der Waals surface area contributed by atoms with E-state index in [-0.39, 0.29) is 12.0 Å². The Kier molecular flexibility index (Phi) is 7.51. The van der Waals surface area contributed by atoms with Gasteiger partial charge in [-0.2, -0.15) is 0 Å². The zero-order valence-electron chi connectivity index (χ0n) is 17.4. The number of carbonyl (C=O) groups excluding carboxylic acids is 1. The van der Waals surface area contributed by atoms with Crippen molar-refractivity contribution in [2.24, 2.45) is 16.5 Å². The number of hydrogen-bond donors (Lipinski definition) is 2. The third-order valence-corrected chi connectivity index (χ3v) is 5.05. The predicted molar refractivity (Wildman–Crippen MR) is 127 cm³/mol. The summed E-state index contributed by atoms with van der Waals surface area (Å²) in [5.74, 6) is 0.0504. The molecule has 0 aliphatic rings. The summed E-state index contributed by atoms with van der Waals surface area (Å²) in [7, 11) is 1.78. The standard InChI is InChI=1S/C24H26ClN5O/c1-29(22-8-3-2-4-9-22)24(31)30(16-18-10-12-21(25)13-11-18)17-20-7-5-6-19(14-20)15-28-23(26)27/h2-14H,15-17H2,1H3,(H4,26,27,28). The van der Waals surface area contributed by atoms with E-state index >= 15 is 0 Å². The fourth-order valence-corrected chi connectivity index (χ4v) is 3.33. The average molecular weight is 436 g/mol. The number of aliphatic imine (C=N–C) groups is 1. The summed E-state index contributed by atoms with van der Waals surface area (Å²) >= 11 is 6.02. The van der Waals surface area contributed by atoms with E-state index in [0.717, 1.165) is 22.4 Å². The van der Waals surface area contributed by atoms with E-state index < -0.39 is 0 Å². The third kappa shape index (κ3) is 6.49. The molecule has 160 valence electrons. The number of benzene rings is 3. The number of nitrogens with zero attached hydrogens (tertiary/aromatic N) is 3. The fraction of sp³-hybridized carbons (Fsp3) is 0.167. The number of rotatable bonds is 7. The van der Waals surface area contributed by atoms with Crippen molar-refractivity contribution in [3.8, 4) is 0 Å². The van der Waals surface area contributed by atoms with E-state index in [4.69, 9.17) is 23.1 Å². The number of para-hydroxylation sites is 1. The maximum Gasteiger partial charge on any atom is 0.324 e. The van der Waals surface area contributed by atoms with Gasteiger partial charge >= 0.3 is 6.03 Å². The Morgan fingerprint density at radius 3 is 2.19 bits per heavy atom. The van der Waals surface area contributed by atoms with E-state index in [1.54, 1.807) is 16.8 Å². The van der Waals surface area contributed by atoms with Gasteiger partial charge < -0.3 is 16.4 Å². The number of hydrogen-bond acceptors (Lipinski definition) is 2. The van der Waals surface area contributed by atoms with Crippen LogP contribution in [0.5, 0.6) is 0 Å². The summed E-state index contributed by atoms with van der Waals surface area (Å²) in [6.45, 7) is 1.28. The van der Waals surface area contributed by atoms with Gasteiger partial charge in [0.25, 0.3) is 0 Å². The molecule has 3 rings (SSSR count). The maximum atomic E-state index is 13.4. The van der Waals surface area contributed by atoms with Gasteiger partial charge in [-0.25, -0.2) is 9.79 Å². The van der Waals surface area contributed by atoms with Crippen LogP contribution in [0, 0.1) is 0 Å².